The van der Waals surface area contributed by atoms with Gasteiger partial charge in [-0.3, -0.25) is 0 Å². The Bertz CT molecular complexity index is 1050. The quantitative estimate of drug-likeness (QED) is 0.426. The number of nitrogens with two attached hydrogens (primary N) is 2. The highest BCUT2D eigenvalue weighted by Gasteiger charge is 2.47. The van der Waals surface area contributed by atoms with E-state index < -0.39 is 0 Å². The number of aryl methyl sites for hydroxylation is 1. The van der Waals surface area contributed by atoms with Gasteiger partial charge in [-0.25, -0.2) is 0 Å². The van der Waals surface area contributed by atoms with Gasteiger partial charge in [-0.05, 0) is 72.2 Å². The molecular formula is C27H34N2O4. The van der Waals surface area contributed by atoms with Gasteiger partial charge in [-0.2, -0.15) is 0 Å². The van der Waals surface area contributed by atoms with Crippen molar-refractivity contribution >= 4 is 11.4 Å². The van der Waals surface area contributed by atoms with Crippen molar-refractivity contribution in [3.8, 4) is 0 Å². The van der Waals surface area contributed by atoms with E-state index in [1.165, 1.54) is 33.4 Å². The Labute approximate surface area is 195 Å². The van der Waals surface area contributed by atoms with Crippen LogP contribution in [0.1, 0.15) is 46.2 Å². The summed E-state index contributed by atoms with van der Waals surface area (Å²) in [4.78, 5) is 0. The average Bonchev–Trinajstić information content (AvgIpc) is 3.60. The predicted octanol–water partition coefficient (Wildman–Crippen LogP) is 3.21. The maximum Gasteiger partial charge on any atom is 0.0851 e. The van der Waals surface area contributed by atoms with E-state index in [0.29, 0.717) is 0 Å². The fourth-order valence-corrected chi connectivity index (χ4v) is 5.73. The highest BCUT2D eigenvalue weighted by molar-refractivity contribution is 5.64. The average molecular weight is 451 g/mol. The summed E-state index contributed by atoms with van der Waals surface area (Å²) in [5.41, 5.74) is 22.0. The minimum absolute atomic E-state index is 0.226. The number of anilines is 2. The molecule has 4 unspecified atom stereocenters. The first-order valence-corrected chi connectivity index (χ1v) is 12.2. The molecule has 2 aromatic rings. The fourth-order valence-electron chi connectivity index (χ4n) is 5.73. The van der Waals surface area contributed by atoms with Crippen molar-refractivity contribution in [1.29, 1.82) is 0 Å². The Balaban J connectivity index is 1.55. The molecule has 176 valence electrons. The van der Waals surface area contributed by atoms with Gasteiger partial charge in [0.1, 0.15) is 0 Å². The predicted molar refractivity (Wildman–Crippen MR) is 128 cm³/mol. The van der Waals surface area contributed by atoms with Crippen LogP contribution in [-0.2, 0) is 37.2 Å². The van der Waals surface area contributed by atoms with Crippen LogP contribution >= 0.6 is 0 Å². The molecule has 4 aliphatic rings. The zero-order valence-electron chi connectivity index (χ0n) is 19.6. The third-order valence-corrected chi connectivity index (χ3v) is 7.77. The van der Waals surface area contributed by atoms with Crippen molar-refractivity contribution in [3.05, 3.63) is 57.6 Å². The first kappa shape index (κ1) is 21.4. The van der Waals surface area contributed by atoms with Crippen LogP contribution in [0, 0.1) is 13.8 Å². The van der Waals surface area contributed by atoms with E-state index in [1.54, 1.807) is 0 Å². The number of benzene rings is 2. The van der Waals surface area contributed by atoms with Crippen molar-refractivity contribution < 1.29 is 18.9 Å². The van der Waals surface area contributed by atoms with Crippen molar-refractivity contribution in [2.45, 2.75) is 69.4 Å². The number of epoxide rings is 4. The van der Waals surface area contributed by atoms with Gasteiger partial charge in [-0.15, -0.1) is 0 Å². The van der Waals surface area contributed by atoms with E-state index in [1.807, 2.05) is 6.07 Å². The molecule has 6 rings (SSSR count). The van der Waals surface area contributed by atoms with Crippen LogP contribution in [0.2, 0.25) is 0 Å². The van der Waals surface area contributed by atoms with Crippen molar-refractivity contribution in [1.82, 2.24) is 0 Å². The van der Waals surface area contributed by atoms with E-state index in [4.69, 9.17) is 30.4 Å². The van der Waals surface area contributed by atoms with E-state index in [-0.39, 0.29) is 29.8 Å². The van der Waals surface area contributed by atoms with E-state index in [0.717, 1.165) is 63.5 Å². The van der Waals surface area contributed by atoms with Gasteiger partial charge in [0.05, 0.1) is 50.8 Å². The van der Waals surface area contributed by atoms with Crippen LogP contribution in [-0.4, -0.2) is 50.8 Å². The monoisotopic (exact) mass is 450 g/mol. The largest absolute Gasteiger partial charge is 0.399 e. The summed E-state index contributed by atoms with van der Waals surface area (Å²) in [5, 5.41) is 0. The Kier molecular flexibility index (Phi) is 5.18. The maximum absolute atomic E-state index is 6.79. The molecule has 4 saturated heterocycles. The minimum Gasteiger partial charge on any atom is -0.399 e. The zero-order chi connectivity index (χ0) is 22.7. The van der Waals surface area contributed by atoms with Crippen LogP contribution < -0.4 is 11.5 Å². The van der Waals surface area contributed by atoms with Gasteiger partial charge in [0.2, 0.25) is 0 Å². The Morgan fingerprint density at radius 3 is 1.91 bits per heavy atom. The summed E-state index contributed by atoms with van der Waals surface area (Å²) >= 11 is 0. The number of rotatable bonds is 10. The lowest BCUT2D eigenvalue weighted by atomic mass is 9.64. The van der Waals surface area contributed by atoms with Crippen LogP contribution in [0.3, 0.4) is 0 Å². The van der Waals surface area contributed by atoms with Gasteiger partial charge in [-0.1, -0.05) is 12.1 Å². The molecular weight excluding hydrogens is 416 g/mol. The molecule has 6 heteroatoms. The number of hydrogen-bond donors (Lipinski definition) is 2. The van der Waals surface area contributed by atoms with E-state index in [2.05, 4.69) is 32.0 Å². The molecule has 0 radical (unpaired) electrons. The molecule has 0 aliphatic carbocycles. The summed E-state index contributed by atoms with van der Waals surface area (Å²) in [6.45, 7) is 7.69. The molecule has 4 N–H and O–H groups in total. The summed E-state index contributed by atoms with van der Waals surface area (Å²) < 4.78 is 22.8. The highest BCUT2D eigenvalue weighted by atomic mass is 16.6. The summed E-state index contributed by atoms with van der Waals surface area (Å²) in [7, 11) is 0. The standard InChI is InChI=1S/C27H34N2O4/c1-15-5-18(28)3-4-24(15)27(9-21-13-32-21,10-22-14-33-22)25-7-17(6-19-11-30-19)26(29)23(16(25)2)8-20-12-31-20/h3-5,7,19-22H,6,8-14,28-29H2,1-2H3. The van der Waals surface area contributed by atoms with Crippen LogP contribution in [0.4, 0.5) is 11.4 Å². The molecule has 4 fully saturated rings. The topological polar surface area (TPSA) is 102 Å². The van der Waals surface area contributed by atoms with Gasteiger partial charge in [0.15, 0.2) is 0 Å². The van der Waals surface area contributed by atoms with E-state index in [9.17, 15) is 0 Å². The zero-order valence-corrected chi connectivity index (χ0v) is 19.6. The smallest absolute Gasteiger partial charge is 0.0851 e. The van der Waals surface area contributed by atoms with Crippen molar-refractivity contribution in [2.24, 2.45) is 0 Å². The summed E-state index contributed by atoms with van der Waals surface area (Å²) in [5.74, 6) is 0. The minimum atomic E-state index is -0.226. The molecule has 4 atom stereocenters. The number of hydrogen-bond acceptors (Lipinski definition) is 6. The van der Waals surface area contributed by atoms with Gasteiger partial charge < -0.3 is 30.4 Å². The lowest BCUT2D eigenvalue weighted by Crippen LogP contribution is -2.34. The first-order chi connectivity index (χ1) is 15.9. The third-order valence-electron chi connectivity index (χ3n) is 7.77. The Morgan fingerprint density at radius 2 is 1.36 bits per heavy atom. The Morgan fingerprint density at radius 1 is 0.788 bits per heavy atom. The summed E-state index contributed by atoms with van der Waals surface area (Å²) in [6.07, 6.45) is 4.67. The molecule has 4 heterocycles. The second-order valence-electron chi connectivity index (χ2n) is 10.4. The lowest BCUT2D eigenvalue weighted by Gasteiger charge is -2.38. The maximum atomic E-state index is 6.79. The third kappa shape index (κ3) is 4.37. The molecule has 0 amide bonds. The molecule has 2 aromatic carbocycles. The van der Waals surface area contributed by atoms with Crippen LogP contribution in [0.25, 0.3) is 0 Å². The second-order valence-corrected chi connectivity index (χ2v) is 10.4. The molecule has 0 bridgehead atoms. The molecule has 4 aliphatic heterocycles. The second kappa shape index (κ2) is 7.98. The van der Waals surface area contributed by atoms with Gasteiger partial charge in [0.25, 0.3) is 0 Å². The molecule has 0 spiro atoms. The van der Waals surface area contributed by atoms with Crippen molar-refractivity contribution in [2.75, 3.05) is 37.9 Å². The van der Waals surface area contributed by atoms with Crippen LogP contribution in [0.15, 0.2) is 24.3 Å². The first-order valence-electron chi connectivity index (χ1n) is 12.2. The lowest BCUT2D eigenvalue weighted by molar-refractivity contribution is 0.298. The van der Waals surface area contributed by atoms with Gasteiger partial charge in [0, 0.05) is 29.6 Å². The molecule has 33 heavy (non-hydrogen) atoms. The fraction of sp³-hybridized carbons (Fsp3) is 0.556. The normalized spacial score (nSPS) is 28.9. The summed E-state index contributed by atoms with van der Waals surface area (Å²) in [6, 6.07) is 8.71. The molecule has 0 aromatic heterocycles. The molecule has 0 saturated carbocycles. The number of nitrogen functional groups attached to an aromatic ring is 2. The van der Waals surface area contributed by atoms with Crippen LogP contribution in [0.5, 0.6) is 0 Å². The number of ether oxygens (including phenoxy) is 4. The Hall–Kier alpha value is -2.12. The molecule has 6 nitrogen and oxygen atoms in total. The SMILES string of the molecule is Cc1cc(N)ccc1C(CC1CO1)(CC1CO1)c1cc(CC2CO2)c(N)c(CC2CO2)c1C. The van der Waals surface area contributed by atoms with Gasteiger partial charge >= 0.3 is 0 Å². The van der Waals surface area contributed by atoms with E-state index >= 15 is 0 Å². The van der Waals surface area contributed by atoms with Crippen molar-refractivity contribution in [3.63, 3.8) is 0 Å². The highest BCUT2D eigenvalue weighted by Crippen LogP contribution is 2.50.